The van der Waals surface area contributed by atoms with Crippen LogP contribution in [0.25, 0.3) is 0 Å². The number of aryl methyl sites for hydroxylation is 1. The van der Waals surface area contributed by atoms with Gasteiger partial charge in [0.05, 0.1) is 6.10 Å². The van der Waals surface area contributed by atoms with Gasteiger partial charge in [-0.15, -0.1) is 0 Å². The highest BCUT2D eigenvalue weighted by Gasteiger charge is 2.29. The van der Waals surface area contributed by atoms with Gasteiger partial charge in [0.15, 0.2) is 0 Å². The maximum atomic E-state index is 5.51. The Kier molecular flexibility index (Phi) is 3.76. The molecule has 4 nitrogen and oxygen atoms in total. The van der Waals surface area contributed by atoms with Gasteiger partial charge in [0.2, 0.25) is 0 Å². The summed E-state index contributed by atoms with van der Waals surface area (Å²) < 4.78 is 6.33. The zero-order valence-corrected chi connectivity index (χ0v) is 11.1. The maximum absolute atomic E-state index is 5.51. The van der Waals surface area contributed by atoms with E-state index in [-0.39, 0.29) is 0 Å². The van der Waals surface area contributed by atoms with E-state index in [1.165, 1.54) is 0 Å². The first kappa shape index (κ1) is 11.8. The van der Waals surface area contributed by atoms with Crippen LogP contribution in [0.3, 0.4) is 0 Å². The Labute approximate surface area is 104 Å². The van der Waals surface area contributed by atoms with Gasteiger partial charge >= 0.3 is 0 Å². The van der Waals surface area contributed by atoms with E-state index < -0.39 is 0 Å². The fourth-order valence-electron chi connectivity index (χ4n) is 1.87. The Morgan fingerprint density at radius 1 is 1.50 bits per heavy atom. The second-order valence-electron chi connectivity index (χ2n) is 4.01. The fourth-order valence-corrected chi connectivity index (χ4v) is 2.34. The van der Waals surface area contributed by atoms with E-state index in [1.807, 2.05) is 19.9 Å². The molecule has 0 amide bonds. The molecule has 0 bridgehead atoms. The number of anilines is 1. The Bertz CT molecular complexity index is 346. The van der Waals surface area contributed by atoms with Crippen LogP contribution >= 0.6 is 15.9 Å². The predicted octanol–water partition coefficient (Wildman–Crippen LogP) is 2.53. The van der Waals surface area contributed by atoms with Crippen LogP contribution < -0.4 is 5.32 Å². The monoisotopic (exact) mass is 285 g/mol. The second kappa shape index (κ2) is 5.10. The molecule has 1 N–H and O–H groups in total. The molecule has 5 heteroatoms. The minimum absolute atomic E-state index is 0.425. The Balaban J connectivity index is 1.86. The average molecular weight is 286 g/mol. The van der Waals surface area contributed by atoms with Crippen LogP contribution in [-0.2, 0) is 4.74 Å². The number of ether oxygens (including phenoxy) is 1. The topological polar surface area (TPSA) is 47.0 Å². The van der Waals surface area contributed by atoms with Crippen molar-refractivity contribution in [2.45, 2.75) is 38.8 Å². The molecular formula is C11H16BrN3O. The number of hydrogen-bond donors (Lipinski definition) is 1. The number of aromatic nitrogens is 2. The van der Waals surface area contributed by atoms with Gasteiger partial charge in [-0.25, -0.2) is 9.97 Å². The molecule has 16 heavy (non-hydrogen) atoms. The first-order chi connectivity index (χ1) is 7.67. The van der Waals surface area contributed by atoms with E-state index in [4.69, 9.17) is 4.74 Å². The predicted molar refractivity (Wildman–Crippen MR) is 66.5 cm³/mol. The van der Waals surface area contributed by atoms with Gasteiger partial charge in [-0.1, -0.05) is 0 Å². The minimum Gasteiger partial charge on any atom is -0.378 e. The first-order valence-electron chi connectivity index (χ1n) is 5.56. The maximum Gasteiger partial charge on any atom is 0.131 e. The normalized spacial score (nSPS) is 23.9. The van der Waals surface area contributed by atoms with Gasteiger partial charge in [0, 0.05) is 18.7 Å². The molecule has 0 atom stereocenters. The molecule has 1 heterocycles. The van der Waals surface area contributed by atoms with E-state index in [0.717, 1.165) is 35.7 Å². The van der Waals surface area contributed by atoms with Gasteiger partial charge < -0.3 is 10.1 Å². The van der Waals surface area contributed by atoms with Crippen molar-refractivity contribution in [1.82, 2.24) is 9.97 Å². The highest BCUT2D eigenvalue weighted by atomic mass is 79.9. The number of halogens is 1. The molecule has 1 saturated carbocycles. The summed E-state index contributed by atoms with van der Waals surface area (Å²) in [6.07, 6.45) is 2.55. The molecule has 1 fully saturated rings. The van der Waals surface area contributed by atoms with Gasteiger partial charge in [-0.05, 0) is 42.6 Å². The van der Waals surface area contributed by atoms with E-state index in [1.54, 1.807) is 0 Å². The van der Waals surface area contributed by atoms with Gasteiger partial charge in [0.25, 0.3) is 0 Å². The van der Waals surface area contributed by atoms with Crippen LogP contribution in [0.5, 0.6) is 0 Å². The first-order valence-corrected chi connectivity index (χ1v) is 6.36. The molecule has 1 aliphatic carbocycles. The van der Waals surface area contributed by atoms with E-state index in [0.29, 0.717) is 12.1 Å². The van der Waals surface area contributed by atoms with Crippen molar-refractivity contribution in [2.75, 3.05) is 11.9 Å². The van der Waals surface area contributed by atoms with Crippen molar-refractivity contribution < 1.29 is 4.74 Å². The lowest BCUT2D eigenvalue weighted by Crippen LogP contribution is -2.41. The zero-order chi connectivity index (χ0) is 11.5. The van der Waals surface area contributed by atoms with E-state index >= 15 is 0 Å². The lowest BCUT2D eigenvalue weighted by Gasteiger charge is -2.35. The SMILES string of the molecule is CCOC1CC(Nc2cc(Br)nc(C)n2)C1. The quantitative estimate of drug-likeness (QED) is 0.864. The Morgan fingerprint density at radius 3 is 2.88 bits per heavy atom. The Hall–Kier alpha value is -0.680. The average Bonchev–Trinajstić information content (AvgIpc) is 2.13. The van der Waals surface area contributed by atoms with Crippen molar-refractivity contribution in [1.29, 1.82) is 0 Å². The van der Waals surface area contributed by atoms with Crippen LogP contribution in [0.2, 0.25) is 0 Å². The summed E-state index contributed by atoms with van der Waals surface area (Å²) in [6.45, 7) is 4.72. The molecule has 0 saturated heterocycles. The third-order valence-corrected chi connectivity index (χ3v) is 3.06. The third-order valence-electron chi connectivity index (χ3n) is 2.66. The van der Waals surface area contributed by atoms with Crippen LogP contribution in [0.1, 0.15) is 25.6 Å². The summed E-state index contributed by atoms with van der Waals surface area (Å²) in [7, 11) is 0. The molecule has 0 aromatic carbocycles. The van der Waals surface area contributed by atoms with Crippen molar-refractivity contribution in [3.63, 3.8) is 0 Å². The lowest BCUT2D eigenvalue weighted by molar-refractivity contribution is 0.00292. The highest BCUT2D eigenvalue weighted by Crippen LogP contribution is 2.26. The summed E-state index contributed by atoms with van der Waals surface area (Å²) in [5, 5.41) is 3.39. The van der Waals surface area contributed by atoms with Crippen LogP contribution in [0.4, 0.5) is 5.82 Å². The smallest absolute Gasteiger partial charge is 0.131 e. The fraction of sp³-hybridized carbons (Fsp3) is 0.636. The summed E-state index contributed by atoms with van der Waals surface area (Å²) in [4.78, 5) is 8.50. The zero-order valence-electron chi connectivity index (χ0n) is 9.53. The van der Waals surface area contributed by atoms with Crippen LogP contribution in [0.15, 0.2) is 10.7 Å². The molecule has 88 valence electrons. The van der Waals surface area contributed by atoms with Gasteiger partial charge in [0.1, 0.15) is 16.2 Å². The molecular weight excluding hydrogens is 270 g/mol. The van der Waals surface area contributed by atoms with Crippen molar-refractivity contribution >= 4 is 21.7 Å². The van der Waals surface area contributed by atoms with Crippen molar-refractivity contribution in [2.24, 2.45) is 0 Å². The molecule has 0 radical (unpaired) electrons. The molecule has 1 aromatic rings. The standard InChI is InChI=1S/C11H16BrN3O/c1-3-16-9-4-8(5-9)15-11-6-10(12)13-7(2)14-11/h6,8-9H,3-5H2,1-2H3,(H,13,14,15). The van der Waals surface area contributed by atoms with Gasteiger partial charge in [-0.2, -0.15) is 0 Å². The number of nitrogens with zero attached hydrogens (tertiary/aromatic N) is 2. The molecule has 1 aliphatic rings. The molecule has 2 rings (SSSR count). The summed E-state index contributed by atoms with van der Waals surface area (Å²) in [5.74, 6) is 1.66. The van der Waals surface area contributed by atoms with E-state index in [9.17, 15) is 0 Å². The summed E-state index contributed by atoms with van der Waals surface area (Å²) in [5.41, 5.74) is 0. The largest absolute Gasteiger partial charge is 0.378 e. The number of rotatable bonds is 4. The molecule has 0 aliphatic heterocycles. The van der Waals surface area contributed by atoms with Crippen LogP contribution in [0, 0.1) is 6.92 Å². The lowest BCUT2D eigenvalue weighted by atomic mass is 9.89. The molecule has 0 spiro atoms. The summed E-state index contributed by atoms with van der Waals surface area (Å²) in [6, 6.07) is 2.39. The van der Waals surface area contributed by atoms with Gasteiger partial charge in [-0.3, -0.25) is 0 Å². The number of hydrogen-bond acceptors (Lipinski definition) is 4. The third kappa shape index (κ3) is 2.92. The van der Waals surface area contributed by atoms with Crippen LogP contribution in [-0.4, -0.2) is 28.7 Å². The highest BCUT2D eigenvalue weighted by molar-refractivity contribution is 9.10. The number of nitrogens with one attached hydrogen (secondary N) is 1. The second-order valence-corrected chi connectivity index (χ2v) is 4.83. The van der Waals surface area contributed by atoms with Crippen molar-refractivity contribution in [3.05, 3.63) is 16.5 Å². The Morgan fingerprint density at radius 2 is 2.25 bits per heavy atom. The van der Waals surface area contributed by atoms with E-state index in [2.05, 4.69) is 31.2 Å². The molecule has 1 aromatic heterocycles. The molecule has 0 unspecified atom stereocenters. The van der Waals surface area contributed by atoms with Crippen molar-refractivity contribution in [3.8, 4) is 0 Å². The summed E-state index contributed by atoms with van der Waals surface area (Å²) >= 11 is 3.36. The minimum atomic E-state index is 0.425.